The Hall–Kier alpha value is -3.85. The van der Waals surface area contributed by atoms with Gasteiger partial charge in [-0.1, -0.05) is 11.6 Å². The topological polar surface area (TPSA) is 117 Å². The van der Waals surface area contributed by atoms with Gasteiger partial charge in [-0.2, -0.15) is 0 Å². The molecule has 0 spiro atoms. The van der Waals surface area contributed by atoms with Gasteiger partial charge in [0, 0.05) is 42.9 Å². The molecule has 1 aromatic carbocycles. The van der Waals surface area contributed by atoms with Gasteiger partial charge >= 0.3 is 0 Å². The first-order valence-electron chi connectivity index (χ1n) is 9.47. The zero-order chi connectivity index (χ0) is 21.8. The summed E-state index contributed by atoms with van der Waals surface area (Å²) in [7, 11) is 0. The van der Waals surface area contributed by atoms with Gasteiger partial charge in [-0.3, -0.25) is 14.4 Å². The average Bonchev–Trinajstić information content (AvgIpc) is 3.21. The van der Waals surface area contributed by atoms with Crippen LogP contribution in [0.3, 0.4) is 0 Å². The molecule has 2 N–H and O–H groups in total. The van der Waals surface area contributed by atoms with Crippen molar-refractivity contribution in [2.45, 2.75) is 12.8 Å². The van der Waals surface area contributed by atoms with Gasteiger partial charge < -0.3 is 15.5 Å². The van der Waals surface area contributed by atoms with E-state index in [1.165, 1.54) is 24.7 Å². The smallest absolute Gasteiger partial charge is 0.277 e. The van der Waals surface area contributed by atoms with Crippen LogP contribution in [0.4, 0.5) is 17.2 Å². The number of rotatable bonds is 5. The van der Waals surface area contributed by atoms with Gasteiger partial charge in [-0.15, -0.1) is 0 Å². The van der Waals surface area contributed by atoms with Crippen molar-refractivity contribution in [3.63, 3.8) is 0 Å². The average molecular weight is 437 g/mol. The van der Waals surface area contributed by atoms with E-state index in [-0.39, 0.29) is 23.1 Å². The first-order chi connectivity index (χ1) is 15.0. The van der Waals surface area contributed by atoms with Gasteiger partial charge in [-0.05, 0) is 42.8 Å². The minimum absolute atomic E-state index is 0.0853. The molecule has 156 valence electrons. The number of benzene rings is 1. The second-order valence-corrected chi connectivity index (χ2v) is 7.16. The van der Waals surface area contributed by atoms with Gasteiger partial charge in [-0.25, -0.2) is 15.0 Å². The largest absolute Gasteiger partial charge is 0.321 e. The second-order valence-electron chi connectivity index (χ2n) is 6.72. The van der Waals surface area contributed by atoms with Crippen LogP contribution in [-0.4, -0.2) is 39.2 Å². The van der Waals surface area contributed by atoms with E-state index in [1.54, 1.807) is 35.2 Å². The molecule has 0 atom stereocenters. The Labute approximate surface area is 182 Å². The maximum atomic E-state index is 12.7. The molecule has 1 fully saturated rings. The lowest BCUT2D eigenvalue weighted by atomic mass is 10.2. The predicted octanol–water partition coefficient (Wildman–Crippen LogP) is 3.16. The van der Waals surface area contributed by atoms with Gasteiger partial charge in [0.25, 0.3) is 11.8 Å². The number of nitrogens with one attached hydrogen (secondary N) is 2. The van der Waals surface area contributed by atoms with Crippen molar-refractivity contribution in [1.82, 2.24) is 15.0 Å². The third-order valence-electron chi connectivity index (χ3n) is 4.61. The third kappa shape index (κ3) is 4.67. The Balaban J connectivity index is 1.48. The lowest BCUT2D eigenvalue weighted by Crippen LogP contribution is -2.24. The number of hydrogen-bond donors (Lipinski definition) is 2. The summed E-state index contributed by atoms with van der Waals surface area (Å²) in [6.07, 6.45) is 5.42. The highest BCUT2D eigenvalue weighted by Gasteiger charge is 2.23. The van der Waals surface area contributed by atoms with Crippen LogP contribution in [-0.2, 0) is 4.79 Å². The first-order valence-corrected chi connectivity index (χ1v) is 9.85. The number of carbonyl (C=O) groups excluding carboxylic acids is 3. The third-order valence-corrected chi connectivity index (χ3v) is 4.83. The summed E-state index contributed by atoms with van der Waals surface area (Å²) in [4.78, 5) is 50.9. The van der Waals surface area contributed by atoms with Gasteiger partial charge in [0.1, 0.15) is 5.82 Å². The van der Waals surface area contributed by atoms with Crippen molar-refractivity contribution >= 4 is 46.5 Å². The molecule has 0 saturated carbocycles. The Morgan fingerprint density at radius 1 is 0.903 bits per heavy atom. The molecule has 9 nitrogen and oxygen atoms in total. The van der Waals surface area contributed by atoms with Crippen LogP contribution in [0.15, 0.2) is 55.0 Å². The van der Waals surface area contributed by atoms with Crippen LogP contribution >= 0.6 is 11.6 Å². The summed E-state index contributed by atoms with van der Waals surface area (Å²) in [6.45, 7) is 0.686. The predicted molar refractivity (Wildman–Crippen MR) is 115 cm³/mol. The molecule has 1 aliphatic heterocycles. The van der Waals surface area contributed by atoms with Crippen LogP contribution < -0.4 is 15.5 Å². The van der Waals surface area contributed by atoms with Crippen molar-refractivity contribution in [3.05, 3.63) is 71.4 Å². The lowest BCUT2D eigenvalue weighted by Gasteiger charge is -2.16. The molecule has 1 saturated heterocycles. The Morgan fingerprint density at radius 3 is 2.16 bits per heavy atom. The van der Waals surface area contributed by atoms with E-state index in [0.29, 0.717) is 23.7 Å². The van der Waals surface area contributed by atoms with E-state index < -0.39 is 11.8 Å². The summed E-state index contributed by atoms with van der Waals surface area (Å²) in [5.74, 6) is -0.871. The number of halogens is 1. The summed E-state index contributed by atoms with van der Waals surface area (Å²) in [6, 6.07) is 10.0. The maximum absolute atomic E-state index is 12.7. The highest BCUT2D eigenvalue weighted by Crippen LogP contribution is 2.23. The number of pyridine rings is 1. The highest BCUT2D eigenvalue weighted by atomic mass is 35.5. The van der Waals surface area contributed by atoms with Crippen LogP contribution in [0.25, 0.3) is 0 Å². The molecule has 0 aliphatic carbocycles. The number of amides is 3. The van der Waals surface area contributed by atoms with Crippen LogP contribution in [0, 0.1) is 0 Å². The van der Waals surface area contributed by atoms with Crippen molar-refractivity contribution in [2.75, 3.05) is 22.1 Å². The summed E-state index contributed by atoms with van der Waals surface area (Å²) >= 11 is 5.79. The Morgan fingerprint density at radius 2 is 1.58 bits per heavy atom. The first kappa shape index (κ1) is 20.4. The van der Waals surface area contributed by atoms with Crippen LogP contribution in [0.1, 0.15) is 33.8 Å². The summed E-state index contributed by atoms with van der Waals surface area (Å²) in [5, 5.41) is 5.68. The standard InChI is InChI=1S/C21H17ClN6O3/c22-13-3-8-16(25-12-13)27-21(31)19-18(23-9-10-24-19)20(30)26-14-4-6-15(7-5-14)28-11-1-2-17(28)29/h3-10,12H,1-2,11H2,(H,26,30)(H,25,27,31). The van der Waals surface area contributed by atoms with Crippen molar-refractivity contribution in [2.24, 2.45) is 0 Å². The molecule has 3 aromatic rings. The molecule has 31 heavy (non-hydrogen) atoms. The van der Waals surface area contributed by atoms with Crippen LogP contribution in [0.5, 0.6) is 0 Å². The fourth-order valence-corrected chi connectivity index (χ4v) is 3.24. The molecule has 10 heteroatoms. The molecule has 2 aromatic heterocycles. The van der Waals surface area contributed by atoms with Crippen molar-refractivity contribution < 1.29 is 14.4 Å². The quantitative estimate of drug-likeness (QED) is 0.634. The number of hydrogen-bond acceptors (Lipinski definition) is 6. The number of anilines is 3. The maximum Gasteiger partial charge on any atom is 0.277 e. The molecule has 3 heterocycles. The minimum atomic E-state index is -0.629. The van der Waals surface area contributed by atoms with E-state index in [1.807, 2.05) is 0 Å². The number of aromatic nitrogens is 3. The SMILES string of the molecule is O=C(Nc1ccc(N2CCCC2=O)cc1)c1nccnc1C(=O)Nc1ccc(Cl)cn1. The van der Waals surface area contributed by atoms with Crippen LogP contribution in [0.2, 0.25) is 5.02 Å². The molecular formula is C21H17ClN6O3. The minimum Gasteiger partial charge on any atom is -0.321 e. The monoisotopic (exact) mass is 436 g/mol. The Bertz CT molecular complexity index is 1130. The zero-order valence-electron chi connectivity index (χ0n) is 16.2. The summed E-state index contributed by atoms with van der Waals surface area (Å²) < 4.78 is 0. The van der Waals surface area contributed by atoms with Crippen molar-refractivity contribution in [3.8, 4) is 0 Å². The molecule has 0 unspecified atom stereocenters. The zero-order valence-corrected chi connectivity index (χ0v) is 17.0. The lowest BCUT2D eigenvalue weighted by molar-refractivity contribution is -0.117. The molecule has 0 radical (unpaired) electrons. The normalized spacial score (nSPS) is 13.2. The number of carbonyl (C=O) groups is 3. The second kappa shape index (κ2) is 8.88. The van der Waals surface area contributed by atoms with E-state index >= 15 is 0 Å². The van der Waals surface area contributed by atoms with E-state index in [0.717, 1.165) is 12.1 Å². The van der Waals surface area contributed by atoms with E-state index in [2.05, 4.69) is 25.6 Å². The number of nitrogens with zero attached hydrogens (tertiary/aromatic N) is 4. The summed E-state index contributed by atoms with van der Waals surface area (Å²) in [5.41, 5.74) is 0.996. The van der Waals surface area contributed by atoms with Gasteiger partial charge in [0.05, 0.1) is 5.02 Å². The molecule has 3 amide bonds. The Kier molecular flexibility index (Phi) is 5.85. The molecule has 1 aliphatic rings. The van der Waals surface area contributed by atoms with Gasteiger partial charge in [0.2, 0.25) is 5.91 Å². The van der Waals surface area contributed by atoms with Crippen molar-refractivity contribution in [1.29, 1.82) is 0 Å². The fraction of sp³-hybridized carbons (Fsp3) is 0.143. The molecular weight excluding hydrogens is 420 g/mol. The van der Waals surface area contributed by atoms with E-state index in [9.17, 15) is 14.4 Å². The molecule has 4 rings (SSSR count). The van der Waals surface area contributed by atoms with Gasteiger partial charge in [0.15, 0.2) is 11.4 Å². The fourth-order valence-electron chi connectivity index (χ4n) is 3.13. The van der Waals surface area contributed by atoms with E-state index in [4.69, 9.17) is 11.6 Å². The highest BCUT2D eigenvalue weighted by molar-refractivity contribution is 6.30. The molecule has 0 bridgehead atoms.